The summed E-state index contributed by atoms with van der Waals surface area (Å²) in [7, 11) is -5.04. The van der Waals surface area contributed by atoms with Crippen molar-refractivity contribution in [3.05, 3.63) is 166 Å². The number of aryl methyl sites for hydroxylation is 1. The SMILES string of the molecule is C=CCOC[C@H](COS(=O)(=O)c1ccc(C)cc1)Oc1c(Cl)c(C)c(-c2c(-c3ccc(F)cc3)sc3ncnc(O[C@H](Cc4cc(O[Si](C)(C)C(C)(C)C)ccc4OCc4ccnc(-c5ccccc5OC)n4)C(=O)OC(C)(C)C)c23)c(C)c1Cl. The second-order valence-electron chi connectivity index (χ2n) is 22.7. The van der Waals surface area contributed by atoms with E-state index in [1.54, 1.807) is 84.3 Å². The third kappa shape index (κ3) is 15.4. The first-order valence-electron chi connectivity index (χ1n) is 27.3. The van der Waals surface area contributed by atoms with Crippen molar-refractivity contribution < 1.29 is 54.6 Å². The lowest BCUT2D eigenvalue weighted by Crippen LogP contribution is -2.43. The van der Waals surface area contributed by atoms with Crippen LogP contribution in [0.5, 0.6) is 28.9 Å². The number of methoxy groups -OCH3 is 1. The molecule has 0 aliphatic carbocycles. The molecule has 0 radical (unpaired) electrons. The van der Waals surface area contributed by atoms with Crippen LogP contribution in [-0.4, -0.2) is 87.4 Å². The van der Waals surface area contributed by atoms with Crippen LogP contribution in [0.1, 0.15) is 69.5 Å². The van der Waals surface area contributed by atoms with Crippen molar-refractivity contribution in [1.29, 1.82) is 0 Å². The molecule has 15 nitrogen and oxygen atoms in total. The molecule has 0 saturated carbocycles. The number of rotatable bonds is 24. The first kappa shape index (κ1) is 64.0. The van der Waals surface area contributed by atoms with Gasteiger partial charge in [-0.25, -0.2) is 29.1 Å². The number of fused-ring (bicyclic) bond motifs is 1. The van der Waals surface area contributed by atoms with E-state index in [-0.39, 0.29) is 57.8 Å². The van der Waals surface area contributed by atoms with Gasteiger partial charge in [-0.15, -0.1) is 17.9 Å². The molecule has 0 bridgehead atoms. The normalized spacial score (nSPS) is 12.8. The molecular formula is C64H69Cl2FN4O11S2Si. The number of nitrogens with zero attached hydrogens (tertiary/aromatic N) is 4. The molecular weight excluding hydrogens is 1180 g/mol. The van der Waals surface area contributed by atoms with Gasteiger partial charge in [0.2, 0.25) is 20.3 Å². The standard InChI is InChI=1S/C64H69Cl2FN4O11S2Si/c1-14-31-76-35-46(36-78-84(73,74)47-26-19-38(2)20-27-47)79-57-55(65)39(3)52(40(4)56(57)66)53-54-60(69-37-70-61(54)83-58(53)41-21-23-43(67)24-22-41)80-51(62(72)81-63(5,6)7)33-42-32-45(82-85(12,13)64(8,9)10)25-28-49(42)77-34-44-29-30-68-59(71-44)48-17-15-16-18-50(48)75-11/h14-30,32,37,46,51H,1,31,33-36H2,2-13H3/t46-,51-/m1/s1. The Kier molecular flexibility index (Phi) is 20.1. The van der Waals surface area contributed by atoms with Crippen LogP contribution >= 0.6 is 34.5 Å². The van der Waals surface area contributed by atoms with Gasteiger partial charge >= 0.3 is 5.97 Å². The number of carbonyl (C=O) groups excluding carboxylic acids is 1. The average Bonchev–Trinajstić information content (AvgIpc) is 2.13. The van der Waals surface area contributed by atoms with E-state index in [2.05, 4.69) is 45.4 Å². The lowest BCUT2D eigenvalue weighted by atomic mass is 9.92. The van der Waals surface area contributed by atoms with Crippen LogP contribution in [0.15, 0.2) is 127 Å². The second kappa shape index (κ2) is 26.7. The fourth-order valence-electron chi connectivity index (χ4n) is 8.79. The van der Waals surface area contributed by atoms with E-state index in [9.17, 15) is 17.6 Å². The fraction of sp³-hybridized carbons (Fsp3) is 0.328. The highest BCUT2D eigenvalue weighted by molar-refractivity contribution is 7.86. The molecule has 0 spiro atoms. The van der Waals surface area contributed by atoms with E-state index in [0.717, 1.165) is 5.56 Å². The number of esters is 1. The largest absolute Gasteiger partial charge is 0.543 e. The van der Waals surface area contributed by atoms with E-state index in [1.807, 2.05) is 49.4 Å². The average molecular weight is 1250 g/mol. The van der Waals surface area contributed by atoms with Crippen LogP contribution in [-0.2, 0) is 41.6 Å². The first-order chi connectivity index (χ1) is 40.2. The van der Waals surface area contributed by atoms with Crippen LogP contribution in [0.2, 0.25) is 28.2 Å². The van der Waals surface area contributed by atoms with Crippen molar-refractivity contribution in [2.45, 2.75) is 116 Å². The third-order valence-corrected chi connectivity index (χ3v) is 21.8. The molecule has 3 heterocycles. The van der Waals surface area contributed by atoms with Crippen molar-refractivity contribution in [3.63, 3.8) is 0 Å². The maximum atomic E-state index is 14.8. The molecule has 21 heteroatoms. The maximum absolute atomic E-state index is 14.8. The van der Waals surface area contributed by atoms with Gasteiger partial charge < -0.3 is 32.8 Å². The minimum atomic E-state index is -4.22. The predicted molar refractivity (Wildman–Crippen MR) is 334 cm³/mol. The Morgan fingerprint density at radius 1 is 0.835 bits per heavy atom. The minimum Gasteiger partial charge on any atom is -0.543 e. The van der Waals surface area contributed by atoms with Crippen molar-refractivity contribution in [1.82, 2.24) is 19.9 Å². The van der Waals surface area contributed by atoms with E-state index in [4.69, 9.17) is 75.2 Å². The zero-order chi connectivity index (χ0) is 61.6. The molecule has 0 N–H and O–H groups in total. The zero-order valence-corrected chi connectivity index (χ0v) is 53.7. The lowest BCUT2D eigenvalue weighted by molar-refractivity contribution is -0.163. The van der Waals surface area contributed by atoms with E-state index in [0.29, 0.717) is 82.8 Å². The van der Waals surface area contributed by atoms with Crippen LogP contribution in [0.4, 0.5) is 4.39 Å². The Labute approximate surface area is 511 Å². The monoisotopic (exact) mass is 1250 g/mol. The van der Waals surface area contributed by atoms with Gasteiger partial charge in [-0.3, -0.25) is 4.18 Å². The van der Waals surface area contributed by atoms with Gasteiger partial charge in [0, 0.05) is 28.6 Å². The highest BCUT2D eigenvalue weighted by Crippen LogP contribution is 2.53. The van der Waals surface area contributed by atoms with Crippen LogP contribution in [0.3, 0.4) is 0 Å². The quantitative estimate of drug-likeness (QED) is 0.0183. The molecule has 448 valence electrons. The number of hydrogen-bond donors (Lipinski definition) is 0. The van der Waals surface area contributed by atoms with Crippen LogP contribution < -0.4 is 23.4 Å². The lowest BCUT2D eigenvalue weighted by Gasteiger charge is -2.36. The highest BCUT2D eigenvalue weighted by Gasteiger charge is 2.40. The topological polar surface area (TPSA) is 177 Å². The van der Waals surface area contributed by atoms with Crippen molar-refractivity contribution in [2.24, 2.45) is 0 Å². The van der Waals surface area contributed by atoms with E-state index < -0.39 is 54.6 Å². The summed E-state index contributed by atoms with van der Waals surface area (Å²) in [4.78, 5) is 34.7. The number of aromatic nitrogens is 4. The van der Waals surface area contributed by atoms with Crippen molar-refractivity contribution in [3.8, 4) is 61.8 Å². The molecule has 8 rings (SSSR count). The smallest absolute Gasteiger partial charge is 0.348 e. The molecule has 0 amide bonds. The molecule has 3 aromatic heterocycles. The molecule has 5 aromatic carbocycles. The summed E-state index contributed by atoms with van der Waals surface area (Å²) in [5.41, 5.74) is 4.40. The summed E-state index contributed by atoms with van der Waals surface area (Å²) < 4.78 is 91.4. The fourth-order valence-corrected chi connectivity index (χ4v) is 12.4. The molecule has 0 aliphatic rings. The minimum absolute atomic E-state index is 0.0132. The maximum Gasteiger partial charge on any atom is 0.348 e. The number of para-hydroxylation sites is 1. The van der Waals surface area contributed by atoms with E-state index >= 15 is 0 Å². The van der Waals surface area contributed by atoms with Gasteiger partial charge in [0.25, 0.3) is 10.1 Å². The van der Waals surface area contributed by atoms with Gasteiger partial charge in [-0.2, -0.15) is 8.42 Å². The number of carbonyl (C=O) groups is 1. The van der Waals surface area contributed by atoms with Gasteiger partial charge in [-0.1, -0.05) is 92.0 Å². The first-order valence-corrected chi connectivity index (χ1v) is 33.2. The Morgan fingerprint density at radius 2 is 1.53 bits per heavy atom. The van der Waals surface area contributed by atoms with Gasteiger partial charge in [0.15, 0.2) is 11.6 Å². The zero-order valence-electron chi connectivity index (χ0n) is 49.6. The molecule has 0 fully saturated rings. The number of benzene rings is 5. The molecule has 85 heavy (non-hydrogen) atoms. The summed E-state index contributed by atoms with van der Waals surface area (Å²) in [6, 6.07) is 27.0. The van der Waals surface area contributed by atoms with Crippen LogP contribution in [0, 0.1) is 26.6 Å². The summed E-state index contributed by atoms with van der Waals surface area (Å²) in [5.74, 6) is 0.977. The molecule has 0 unspecified atom stereocenters. The van der Waals surface area contributed by atoms with Gasteiger partial charge in [-0.05, 0) is 143 Å². The number of halogens is 3. The highest BCUT2D eigenvalue weighted by atomic mass is 35.5. The second-order valence-corrected chi connectivity index (χ2v) is 30.8. The Hall–Kier alpha value is -6.97. The number of thiophene rings is 1. The Bertz CT molecular complexity index is 3810. The summed E-state index contributed by atoms with van der Waals surface area (Å²) in [6.07, 6.45) is 2.04. The summed E-state index contributed by atoms with van der Waals surface area (Å²) in [6.45, 7) is 24.8. The predicted octanol–water partition coefficient (Wildman–Crippen LogP) is 15.5. The molecule has 8 aromatic rings. The van der Waals surface area contributed by atoms with Crippen molar-refractivity contribution in [2.75, 3.05) is 26.9 Å². The molecule has 2 atom stereocenters. The Morgan fingerprint density at radius 3 is 2.19 bits per heavy atom. The third-order valence-electron chi connectivity index (χ3n) is 14.1. The van der Waals surface area contributed by atoms with Gasteiger partial charge in [0.05, 0.1) is 51.9 Å². The number of ether oxygens (including phenoxy) is 6. The Balaban J connectivity index is 1.23. The van der Waals surface area contributed by atoms with Gasteiger partial charge in [0.1, 0.15) is 59.1 Å². The molecule has 0 saturated heterocycles. The summed E-state index contributed by atoms with van der Waals surface area (Å²) in [5, 5.41) is 0.408. The van der Waals surface area contributed by atoms with Crippen LogP contribution in [0.25, 0.3) is 43.2 Å². The molecule has 0 aliphatic heterocycles. The van der Waals surface area contributed by atoms with Crippen molar-refractivity contribution >= 4 is 69.2 Å². The number of hydrogen-bond acceptors (Lipinski definition) is 16. The summed E-state index contributed by atoms with van der Waals surface area (Å²) >= 11 is 16.0. The van der Waals surface area contributed by atoms with E-state index in [1.165, 1.54) is 41.9 Å².